The Kier molecular flexibility index (Phi) is 7.95. The number of hydrogen-bond donors (Lipinski definition) is 1. The van der Waals surface area contributed by atoms with Gasteiger partial charge in [0.15, 0.2) is 0 Å². The van der Waals surface area contributed by atoms with Crippen molar-refractivity contribution in [1.82, 2.24) is 14.9 Å². The third kappa shape index (κ3) is 6.21. The Morgan fingerprint density at radius 2 is 1.88 bits per heavy atom. The van der Waals surface area contributed by atoms with E-state index in [-0.39, 0.29) is 24.2 Å². The number of ether oxygens (including phenoxy) is 3. The molecule has 34 heavy (non-hydrogen) atoms. The molecule has 0 unspecified atom stereocenters. The second kappa shape index (κ2) is 11.1. The van der Waals surface area contributed by atoms with Gasteiger partial charge in [0.2, 0.25) is 5.91 Å². The smallest absolute Gasteiger partial charge is 0.297 e. The summed E-state index contributed by atoms with van der Waals surface area (Å²) < 4.78 is 20.1. The van der Waals surface area contributed by atoms with Gasteiger partial charge in [-0.05, 0) is 44.2 Å². The van der Waals surface area contributed by atoms with Gasteiger partial charge in [0.25, 0.3) is 6.01 Å². The highest BCUT2D eigenvalue weighted by Crippen LogP contribution is 2.33. The molecule has 1 saturated carbocycles. The predicted octanol–water partition coefficient (Wildman–Crippen LogP) is 5.04. The Bertz CT molecular complexity index is 1110. The second-order valence-corrected chi connectivity index (χ2v) is 9.36. The van der Waals surface area contributed by atoms with Gasteiger partial charge in [-0.1, -0.05) is 41.9 Å². The van der Waals surface area contributed by atoms with Gasteiger partial charge in [-0.25, -0.2) is 0 Å². The molecule has 1 fully saturated rings. The maximum atomic E-state index is 11.1. The van der Waals surface area contributed by atoms with Crippen LogP contribution in [0.15, 0.2) is 42.5 Å². The van der Waals surface area contributed by atoms with Gasteiger partial charge in [-0.3, -0.25) is 9.36 Å². The van der Waals surface area contributed by atoms with E-state index in [2.05, 4.69) is 10.3 Å². The molecular formula is C26H32ClN3O4. The number of carbonyl (C=O) groups excluding carboxylic acids is 1. The minimum Gasteiger partial charge on any atom is -0.487 e. The molecule has 2 aromatic carbocycles. The summed E-state index contributed by atoms with van der Waals surface area (Å²) in [6.45, 7) is 4.44. The number of fused-ring (bicyclic) bond motifs is 1. The van der Waals surface area contributed by atoms with Crippen molar-refractivity contribution >= 4 is 28.5 Å². The third-order valence-electron chi connectivity index (χ3n) is 6.06. The van der Waals surface area contributed by atoms with Crippen LogP contribution in [0.1, 0.15) is 45.1 Å². The fourth-order valence-electron chi connectivity index (χ4n) is 4.26. The van der Waals surface area contributed by atoms with Crippen LogP contribution in [-0.2, 0) is 23.2 Å². The van der Waals surface area contributed by atoms with Crippen molar-refractivity contribution in [1.29, 1.82) is 0 Å². The van der Waals surface area contributed by atoms with Crippen molar-refractivity contribution in [2.24, 2.45) is 7.05 Å². The van der Waals surface area contributed by atoms with Crippen molar-refractivity contribution in [3.63, 3.8) is 0 Å². The molecule has 182 valence electrons. The van der Waals surface area contributed by atoms with Crippen molar-refractivity contribution in [3.05, 3.63) is 53.1 Å². The maximum Gasteiger partial charge on any atom is 0.297 e. The fourth-order valence-corrected chi connectivity index (χ4v) is 4.47. The summed E-state index contributed by atoms with van der Waals surface area (Å²) in [6.07, 6.45) is 3.92. The molecular weight excluding hydrogens is 454 g/mol. The monoisotopic (exact) mass is 485 g/mol. The molecule has 4 rings (SSSR count). The molecule has 1 atom stereocenters. The zero-order valence-electron chi connectivity index (χ0n) is 19.9. The highest BCUT2D eigenvalue weighted by Gasteiger charge is 2.25. The first-order valence-corrected chi connectivity index (χ1v) is 12.1. The molecule has 1 N–H and O–H groups in total. The number of carbonyl (C=O) groups is 1. The first-order valence-electron chi connectivity index (χ1n) is 11.8. The van der Waals surface area contributed by atoms with Gasteiger partial charge in [-0.15, -0.1) is 0 Å². The van der Waals surface area contributed by atoms with E-state index in [9.17, 15) is 4.79 Å². The summed E-state index contributed by atoms with van der Waals surface area (Å²) in [6, 6.07) is 14.3. The van der Waals surface area contributed by atoms with Gasteiger partial charge >= 0.3 is 0 Å². The van der Waals surface area contributed by atoms with Crippen molar-refractivity contribution in [2.75, 3.05) is 6.61 Å². The van der Waals surface area contributed by atoms with E-state index in [4.69, 9.17) is 25.8 Å². The summed E-state index contributed by atoms with van der Waals surface area (Å²) in [5.74, 6) is 0.588. The highest BCUT2D eigenvalue weighted by molar-refractivity contribution is 6.32. The zero-order chi connectivity index (χ0) is 24.1. The molecule has 0 bridgehead atoms. The Labute approximate surface area is 205 Å². The number of nitrogens with zero attached hydrogens (tertiary/aromatic N) is 2. The SMILES string of the molecule is CC(=O)N[C@@H](C)CO[C@H]1CC[C@H](Oc2nc3cc(Cl)c(OCc4ccccc4)cc3n2C)CC1. The average Bonchev–Trinajstić information content (AvgIpc) is 3.11. The summed E-state index contributed by atoms with van der Waals surface area (Å²) in [7, 11) is 1.94. The number of aromatic nitrogens is 2. The molecule has 0 saturated heterocycles. The summed E-state index contributed by atoms with van der Waals surface area (Å²) in [4.78, 5) is 15.8. The van der Waals surface area contributed by atoms with E-state index in [1.807, 2.05) is 61.0 Å². The minimum absolute atomic E-state index is 0.0138. The average molecular weight is 486 g/mol. The summed E-state index contributed by atoms with van der Waals surface area (Å²) in [5, 5.41) is 3.38. The van der Waals surface area contributed by atoms with Gasteiger partial charge in [0.05, 0.1) is 28.8 Å². The first kappa shape index (κ1) is 24.4. The Balaban J connectivity index is 1.34. The highest BCUT2D eigenvalue weighted by atomic mass is 35.5. The van der Waals surface area contributed by atoms with Gasteiger partial charge in [0, 0.05) is 26.1 Å². The lowest BCUT2D eigenvalue weighted by molar-refractivity contribution is -0.120. The molecule has 1 aliphatic carbocycles. The van der Waals surface area contributed by atoms with Crippen LogP contribution in [0.2, 0.25) is 5.02 Å². The largest absolute Gasteiger partial charge is 0.487 e. The van der Waals surface area contributed by atoms with Crippen LogP contribution in [0, 0.1) is 0 Å². The zero-order valence-corrected chi connectivity index (χ0v) is 20.7. The van der Waals surface area contributed by atoms with E-state index in [0.29, 0.717) is 30.0 Å². The van der Waals surface area contributed by atoms with Gasteiger partial charge in [-0.2, -0.15) is 4.98 Å². The molecule has 7 nitrogen and oxygen atoms in total. The second-order valence-electron chi connectivity index (χ2n) is 8.95. The Hall–Kier alpha value is -2.77. The predicted molar refractivity (Wildman–Crippen MR) is 132 cm³/mol. The van der Waals surface area contributed by atoms with E-state index in [1.165, 1.54) is 6.92 Å². The summed E-state index contributed by atoms with van der Waals surface area (Å²) in [5.41, 5.74) is 2.77. The molecule has 3 aromatic rings. The molecule has 1 aliphatic rings. The standard InChI is InChI=1S/C26H32ClN3O4/c1-17(28-18(2)31)15-32-20-9-11-21(12-10-20)34-26-29-23-13-22(27)25(14-24(23)30(26)3)33-16-19-7-5-4-6-8-19/h4-8,13-14,17,20-21H,9-12,15-16H2,1-3H3,(H,28,31)/t17-,20-,21-/m0/s1. The van der Waals surface area contributed by atoms with Crippen LogP contribution in [-0.4, -0.2) is 40.3 Å². The van der Waals surface area contributed by atoms with Crippen LogP contribution in [0.25, 0.3) is 11.0 Å². The van der Waals surface area contributed by atoms with E-state index >= 15 is 0 Å². The van der Waals surface area contributed by atoms with Gasteiger partial charge in [0.1, 0.15) is 18.5 Å². The van der Waals surface area contributed by atoms with Crippen LogP contribution in [0.5, 0.6) is 11.8 Å². The quantitative estimate of drug-likeness (QED) is 0.459. The number of amides is 1. The molecule has 0 spiro atoms. The summed E-state index contributed by atoms with van der Waals surface area (Å²) >= 11 is 6.47. The minimum atomic E-state index is -0.0353. The molecule has 8 heteroatoms. The number of aryl methyl sites for hydroxylation is 1. The van der Waals surface area contributed by atoms with Gasteiger partial charge < -0.3 is 19.5 Å². The number of halogens is 1. The molecule has 1 aromatic heterocycles. The van der Waals surface area contributed by atoms with Crippen LogP contribution < -0.4 is 14.8 Å². The fraction of sp³-hybridized carbons (Fsp3) is 0.462. The topological polar surface area (TPSA) is 74.6 Å². The Morgan fingerprint density at radius 1 is 1.18 bits per heavy atom. The van der Waals surface area contributed by atoms with Crippen molar-refractivity contribution < 1.29 is 19.0 Å². The lowest BCUT2D eigenvalue weighted by Gasteiger charge is -2.29. The lowest BCUT2D eigenvalue weighted by atomic mass is 9.95. The number of nitrogens with one attached hydrogen (secondary N) is 1. The maximum absolute atomic E-state index is 11.1. The normalized spacial score (nSPS) is 19.1. The van der Waals surface area contributed by atoms with Crippen LogP contribution >= 0.6 is 11.6 Å². The lowest BCUT2D eigenvalue weighted by Crippen LogP contribution is -2.37. The van der Waals surface area contributed by atoms with E-state index in [0.717, 1.165) is 42.3 Å². The number of benzene rings is 2. The molecule has 1 heterocycles. The number of imidazole rings is 1. The number of rotatable bonds is 9. The molecule has 1 amide bonds. The number of hydrogen-bond acceptors (Lipinski definition) is 5. The van der Waals surface area contributed by atoms with E-state index < -0.39 is 0 Å². The van der Waals surface area contributed by atoms with Crippen molar-refractivity contribution in [2.45, 2.75) is 64.4 Å². The van der Waals surface area contributed by atoms with E-state index in [1.54, 1.807) is 0 Å². The molecule has 0 aliphatic heterocycles. The van der Waals surface area contributed by atoms with Crippen molar-refractivity contribution in [3.8, 4) is 11.8 Å². The molecule has 0 radical (unpaired) electrons. The Morgan fingerprint density at radius 3 is 2.59 bits per heavy atom. The third-order valence-corrected chi connectivity index (χ3v) is 6.35. The first-order chi connectivity index (χ1) is 16.4. The van der Waals surface area contributed by atoms with Crippen LogP contribution in [0.3, 0.4) is 0 Å². The van der Waals surface area contributed by atoms with Crippen LogP contribution in [0.4, 0.5) is 0 Å².